The summed E-state index contributed by atoms with van der Waals surface area (Å²) in [5.74, 6) is 0.180. The number of imide groups is 1. The minimum absolute atomic E-state index is 0.248. The number of thioether (sulfide) groups is 1. The maximum Gasteiger partial charge on any atom is 0.293 e. The van der Waals surface area contributed by atoms with Gasteiger partial charge in [0, 0.05) is 37.3 Å². The molecule has 1 saturated heterocycles. The van der Waals surface area contributed by atoms with E-state index in [0.29, 0.717) is 36.8 Å². The van der Waals surface area contributed by atoms with Crippen molar-refractivity contribution in [2.24, 2.45) is 0 Å². The maximum atomic E-state index is 13.1. The van der Waals surface area contributed by atoms with Crippen LogP contribution in [-0.2, 0) is 16.1 Å². The van der Waals surface area contributed by atoms with Gasteiger partial charge in [0.1, 0.15) is 18.2 Å². The number of amides is 2. The number of halogens is 1. The van der Waals surface area contributed by atoms with Gasteiger partial charge in [-0.1, -0.05) is 12.1 Å². The smallest absolute Gasteiger partial charge is 0.293 e. The number of carbonyl (C=O) groups is 2. The van der Waals surface area contributed by atoms with E-state index in [9.17, 15) is 14.0 Å². The zero-order chi connectivity index (χ0) is 24.9. The van der Waals surface area contributed by atoms with Gasteiger partial charge in [0.15, 0.2) is 0 Å². The van der Waals surface area contributed by atoms with Crippen LogP contribution < -0.4 is 4.74 Å². The predicted octanol–water partition coefficient (Wildman–Crippen LogP) is 5.89. The molecule has 0 saturated carbocycles. The third-order valence-corrected chi connectivity index (χ3v) is 6.68. The molecule has 0 aliphatic carbocycles. The highest BCUT2D eigenvalue weighted by Crippen LogP contribution is 2.34. The Morgan fingerprint density at radius 3 is 2.43 bits per heavy atom. The van der Waals surface area contributed by atoms with Crippen LogP contribution in [-0.4, -0.2) is 40.9 Å². The molecule has 1 aliphatic heterocycles. The Labute approximate surface area is 208 Å². The highest BCUT2D eigenvalue weighted by atomic mass is 32.2. The molecule has 4 rings (SSSR count). The van der Waals surface area contributed by atoms with Crippen molar-refractivity contribution in [1.82, 2.24) is 9.47 Å². The van der Waals surface area contributed by atoms with Gasteiger partial charge in [-0.15, -0.1) is 0 Å². The molecule has 182 valence electrons. The Morgan fingerprint density at radius 2 is 1.74 bits per heavy atom. The summed E-state index contributed by atoms with van der Waals surface area (Å²) in [6.45, 7) is 5.19. The largest absolute Gasteiger partial charge is 0.489 e. The van der Waals surface area contributed by atoms with Crippen LogP contribution in [0, 0.1) is 19.7 Å². The highest BCUT2D eigenvalue weighted by Gasteiger charge is 2.34. The Balaban J connectivity index is 1.48. The molecular formula is C27H27FN2O4S. The van der Waals surface area contributed by atoms with Crippen LogP contribution in [0.4, 0.5) is 9.18 Å². The summed E-state index contributed by atoms with van der Waals surface area (Å²) in [5, 5.41) is -0.248. The third kappa shape index (κ3) is 5.66. The number of methoxy groups -OCH3 is 1. The zero-order valence-electron chi connectivity index (χ0n) is 19.9. The van der Waals surface area contributed by atoms with Crippen LogP contribution in [0.15, 0.2) is 59.5 Å². The number of hydrogen-bond donors (Lipinski definition) is 0. The number of hydrogen-bond acceptors (Lipinski definition) is 5. The fourth-order valence-electron chi connectivity index (χ4n) is 3.97. The number of nitrogens with zero attached hydrogens (tertiary/aromatic N) is 2. The van der Waals surface area contributed by atoms with Gasteiger partial charge in [-0.25, -0.2) is 4.39 Å². The summed E-state index contributed by atoms with van der Waals surface area (Å²) >= 11 is 0.972. The SMILES string of the molecule is COCCCN1C(=O)S/C(=C/c2cc(C)n(-c3ccc(OCc4ccc(F)cc4)cc3)c2C)C1=O. The Hall–Kier alpha value is -3.36. The fraction of sp³-hybridized carbons (Fsp3) is 0.259. The summed E-state index contributed by atoms with van der Waals surface area (Å²) in [7, 11) is 1.60. The number of rotatable bonds is 9. The topological polar surface area (TPSA) is 60.8 Å². The molecule has 0 atom stereocenters. The molecule has 2 amide bonds. The second-order valence-corrected chi connectivity index (χ2v) is 9.24. The van der Waals surface area contributed by atoms with Crippen LogP contribution >= 0.6 is 11.8 Å². The number of aryl methyl sites for hydroxylation is 1. The molecule has 1 aromatic heterocycles. The summed E-state index contributed by atoms with van der Waals surface area (Å²) < 4.78 is 26.0. The molecule has 0 radical (unpaired) electrons. The molecule has 0 spiro atoms. The van der Waals surface area contributed by atoms with Gasteiger partial charge >= 0.3 is 0 Å². The lowest BCUT2D eigenvalue weighted by atomic mass is 10.2. The molecular weight excluding hydrogens is 467 g/mol. The lowest BCUT2D eigenvalue weighted by Gasteiger charge is -2.12. The fourth-order valence-corrected chi connectivity index (χ4v) is 4.83. The Kier molecular flexibility index (Phi) is 7.73. The molecule has 35 heavy (non-hydrogen) atoms. The van der Waals surface area contributed by atoms with E-state index >= 15 is 0 Å². The molecule has 8 heteroatoms. The summed E-state index contributed by atoms with van der Waals surface area (Å²) in [6, 6.07) is 16.0. The lowest BCUT2D eigenvalue weighted by molar-refractivity contribution is -0.122. The van der Waals surface area contributed by atoms with E-state index in [4.69, 9.17) is 9.47 Å². The molecule has 6 nitrogen and oxygen atoms in total. The zero-order valence-corrected chi connectivity index (χ0v) is 20.7. The van der Waals surface area contributed by atoms with Gasteiger partial charge in [-0.3, -0.25) is 14.5 Å². The number of ether oxygens (including phenoxy) is 2. The van der Waals surface area contributed by atoms with Crippen molar-refractivity contribution in [1.29, 1.82) is 0 Å². The standard InChI is InChI=1S/C27H27FN2O4S/c1-18-15-21(16-25-26(31)29(27(32)35-25)13-4-14-33-3)19(2)30(18)23-9-11-24(12-10-23)34-17-20-5-7-22(28)8-6-20/h5-12,15-16H,4,13-14,17H2,1-3H3/b25-16+. The summed E-state index contributed by atoms with van der Waals surface area (Å²) in [4.78, 5) is 26.7. The van der Waals surface area contributed by atoms with Gasteiger partial charge in [0.05, 0.1) is 4.91 Å². The van der Waals surface area contributed by atoms with Gasteiger partial charge in [-0.2, -0.15) is 0 Å². The van der Waals surface area contributed by atoms with E-state index < -0.39 is 0 Å². The molecule has 0 bridgehead atoms. The van der Waals surface area contributed by atoms with E-state index in [1.54, 1.807) is 25.3 Å². The average Bonchev–Trinajstić information content (AvgIpc) is 3.28. The van der Waals surface area contributed by atoms with E-state index in [1.807, 2.05) is 44.2 Å². The Morgan fingerprint density at radius 1 is 1.03 bits per heavy atom. The molecule has 0 unspecified atom stereocenters. The molecule has 2 aromatic carbocycles. The maximum absolute atomic E-state index is 13.1. The molecule has 1 aliphatic rings. The van der Waals surface area contributed by atoms with Crippen molar-refractivity contribution in [2.75, 3.05) is 20.3 Å². The van der Waals surface area contributed by atoms with Crippen LogP contribution in [0.2, 0.25) is 0 Å². The monoisotopic (exact) mass is 494 g/mol. The first-order valence-corrected chi connectivity index (χ1v) is 12.1. The third-order valence-electron chi connectivity index (χ3n) is 5.77. The van der Waals surface area contributed by atoms with E-state index in [2.05, 4.69) is 4.57 Å². The predicted molar refractivity (Wildman–Crippen MR) is 135 cm³/mol. The van der Waals surface area contributed by atoms with Crippen molar-refractivity contribution in [3.8, 4) is 11.4 Å². The van der Waals surface area contributed by atoms with E-state index in [1.165, 1.54) is 17.0 Å². The van der Waals surface area contributed by atoms with E-state index in [0.717, 1.165) is 40.0 Å². The van der Waals surface area contributed by atoms with Gasteiger partial charge < -0.3 is 14.0 Å². The normalized spacial score (nSPS) is 14.9. The second kappa shape index (κ2) is 10.9. The van der Waals surface area contributed by atoms with Crippen LogP contribution in [0.1, 0.15) is 28.9 Å². The van der Waals surface area contributed by atoms with Crippen molar-refractivity contribution in [3.63, 3.8) is 0 Å². The quantitative estimate of drug-likeness (QED) is 0.274. The number of benzene rings is 2. The lowest BCUT2D eigenvalue weighted by Crippen LogP contribution is -2.29. The first-order chi connectivity index (χ1) is 16.9. The number of aromatic nitrogens is 1. The van der Waals surface area contributed by atoms with Crippen LogP contribution in [0.5, 0.6) is 5.75 Å². The highest BCUT2D eigenvalue weighted by molar-refractivity contribution is 8.18. The minimum Gasteiger partial charge on any atom is -0.489 e. The summed E-state index contributed by atoms with van der Waals surface area (Å²) in [5.41, 5.74) is 4.71. The van der Waals surface area contributed by atoms with Gasteiger partial charge in [0.2, 0.25) is 0 Å². The van der Waals surface area contributed by atoms with Crippen LogP contribution in [0.25, 0.3) is 11.8 Å². The van der Waals surface area contributed by atoms with Crippen molar-refractivity contribution in [3.05, 3.63) is 87.8 Å². The van der Waals surface area contributed by atoms with Crippen LogP contribution in [0.3, 0.4) is 0 Å². The molecule has 0 N–H and O–H groups in total. The molecule has 2 heterocycles. The molecule has 3 aromatic rings. The number of carbonyl (C=O) groups excluding carboxylic acids is 2. The van der Waals surface area contributed by atoms with Gasteiger partial charge in [0.25, 0.3) is 11.1 Å². The minimum atomic E-state index is -0.271. The van der Waals surface area contributed by atoms with E-state index in [-0.39, 0.29) is 17.0 Å². The van der Waals surface area contributed by atoms with Gasteiger partial charge in [-0.05, 0) is 91.7 Å². The molecule has 1 fully saturated rings. The first kappa shape index (κ1) is 24.8. The first-order valence-electron chi connectivity index (χ1n) is 11.3. The Bertz CT molecular complexity index is 1250. The average molecular weight is 495 g/mol. The van der Waals surface area contributed by atoms with Crippen molar-refractivity contribution >= 4 is 29.0 Å². The van der Waals surface area contributed by atoms with Crippen molar-refractivity contribution < 1.29 is 23.5 Å². The second-order valence-electron chi connectivity index (χ2n) is 8.25. The summed E-state index contributed by atoms with van der Waals surface area (Å²) in [6.07, 6.45) is 2.40. The van der Waals surface area contributed by atoms with Crippen molar-refractivity contribution in [2.45, 2.75) is 26.9 Å².